The highest BCUT2D eigenvalue weighted by atomic mass is 32.1. The Balaban J connectivity index is 1.20. The maximum absolute atomic E-state index is 12.9. The number of nitrogens with one attached hydrogen (secondary N) is 1. The summed E-state index contributed by atoms with van der Waals surface area (Å²) in [5, 5.41) is 6.78. The highest BCUT2D eigenvalue weighted by Crippen LogP contribution is 2.22. The van der Waals surface area contributed by atoms with Crippen LogP contribution in [-0.4, -0.2) is 49.2 Å². The third-order valence-corrected chi connectivity index (χ3v) is 7.79. The van der Waals surface area contributed by atoms with Crippen molar-refractivity contribution in [1.82, 2.24) is 9.88 Å². The first kappa shape index (κ1) is 31.0. The summed E-state index contributed by atoms with van der Waals surface area (Å²) in [5.41, 5.74) is 4.02. The smallest absolute Gasteiger partial charge is 0.413 e. The van der Waals surface area contributed by atoms with Gasteiger partial charge < -0.3 is 24.4 Å². The van der Waals surface area contributed by atoms with E-state index >= 15 is 0 Å². The fraction of sp³-hybridized carbons (Fsp3) is 0.176. The number of carbonyl (C=O) groups excluding carboxylic acids is 2. The molecule has 1 amide bonds. The van der Waals surface area contributed by atoms with Crippen molar-refractivity contribution in [2.45, 2.75) is 19.0 Å². The summed E-state index contributed by atoms with van der Waals surface area (Å²) in [4.78, 5) is 42.5. The maximum Gasteiger partial charge on any atom is 0.413 e. The minimum Gasteiger partial charge on any atom is -0.492 e. The van der Waals surface area contributed by atoms with Crippen LogP contribution in [0.2, 0.25) is 0 Å². The number of oxime groups is 1. The first-order chi connectivity index (χ1) is 21.9. The second kappa shape index (κ2) is 14.8. The van der Waals surface area contributed by atoms with E-state index in [0.717, 1.165) is 26.9 Å². The summed E-state index contributed by atoms with van der Waals surface area (Å²) in [7, 11) is 2.76. The molecule has 1 unspecified atom stereocenters. The summed E-state index contributed by atoms with van der Waals surface area (Å²) in [6.45, 7) is 0.625. The molecule has 0 fully saturated rings. The van der Waals surface area contributed by atoms with Crippen molar-refractivity contribution < 1.29 is 28.6 Å². The topological polar surface area (TPSA) is 117 Å². The third-order valence-electron chi connectivity index (χ3n) is 6.85. The molecule has 4 aromatic carbocycles. The lowest BCUT2D eigenvalue weighted by Crippen LogP contribution is -2.44. The Bertz CT molecular complexity index is 1840. The van der Waals surface area contributed by atoms with Gasteiger partial charge in [0.25, 0.3) is 0 Å². The number of hydrogen-bond acceptors (Lipinski definition) is 9. The number of esters is 1. The van der Waals surface area contributed by atoms with Crippen LogP contribution in [0.25, 0.3) is 10.2 Å². The lowest BCUT2D eigenvalue weighted by molar-refractivity contribution is -0.142. The van der Waals surface area contributed by atoms with Gasteiger partial charge in [-0.05, 0) is 42.0 Å². The molecule has 1 N–H and O–H groups in total. The summed E-state index contributed by atoms with van der Waals surface area (Å²) < 4.78 is 18.6. The maximum atomic E-state index is 12.9. The van der Waals surface area contributed by atoms with Crippen LogP contribution in [0.4, 0.5) is 4.79 Å². The number of thiazole rings is 1. The van der Waals surface area contributed by atoms with E-state index in [1.54, 1.807) is 59.2 Å². The van der Waals surface area contributed by atoms with Crippen molar-refractivity contribution in [3.63, 3.8) is 0 Å². The van der Waals surface area contributed by atoms with E-state index in [1.807, 2.05) is 48.5 Å². The summed E-state index contributed by atoms with van der Waals surface area (Å²) >= 11 is 1.17. The number of fused-ring (bicyclic) bond motifs is 1. The number of hydrogen-bond donors (Lipinski definition) is 1. The van der Waals surface area contributed by atoms with Crippen LogP contribution in [0.15, 0.2) is 113 Å². The van der Waals surface area contributed by atoms with Gasteiger partial charge >= 0.3 is 16.9 Å². The van der Waals surface area contributed by atoms with Crippen LogP contribution in [0, 0.1) is 0 Å². The number of para-hydroxylation sites is 1. The van der Waals surface area contributed by atoms with Crippen LogP contribution < -0.4 is 19.7 Å². The minimum atomic E-state index is -0.943. The van der Waals surface area contributed by atoms with Crippen molar-refractivity contribution in [1.29, 1.82) is 0 Å². The Kier molecular flexibility index (Phi) is 10.2. The molecule has 10 nitrogen and oxygen atoms in total. The number of methoxy groups -OCH3 is 1. The molecule has 0 aliphatic rings. The normalized spacial score (nSPS) is 11.9. The molecule has 5 aromatic rings. The van der Waals surface area contributed by atoms with Crippen LogP contribution in [0.5, 0.6) is 11.5 Å². The standard InChI is InChI=1S/C34H31N3O7S/c1-41-32(38)28(35-33(39)44-27-11-7-4-8-12-27)21-23-13-16-26(17-14-23)43-20-19-37-29-18-15-25(22-30(29)45-34(37)40)31(36-42-2)24-9-5-3-6-10-24/h3-18,22,28H,19-21H2,1-2H3,(H,35,39)/b36-31+. The molecule has 0 aliphatic carbocycles. The van der Waals surface area contributed by atoms with Gasteiger partial charge in [0.2, 0.25) is 0 Å². The number of amides is 1. The van der Waals surface area contributed by atoms with Gasteiger partial charge in [0.05, 0.1) is 23.9 Å². The zero-order valence-corrected chi connectivity index (χ0v) is 25.5. The van der Waals surface area contributed by atoms with Crippen LogP contribution in [-0.2, 0) is 27.3 Å². The molecule has 0 spiro atoms. The SMILES string of the molecule is CO/N=C(\c1ccccc1)c1ccc2c(c1)sc(=O)n2CCOc1ccc(CC(NC(=O)Oc2ccccc2)C(=O)OC)cc1. The first-order valence-electron chi connectivity index (χ1n) is 14.1. The van der Waals surface area contributed by atoms with Gasteiger partial charge in [-0.1, -0.05) is 83.2 Å². The zero-order chi connectivity index (χ0) is 31.6. The van der Waals surface area contributed by atoms with Gasteiger partial charge in [0.1, 0.15) is 37.0 Å². The largest absolute Gasteiger partial charge is 0.492 e. The molecule has 1 atom stereocenters. The van der Waals surface area contributed by atoms with Gasteiger partial charge in [-0.3, -0.25) is 9.36 Å². The van der Waals surface area contributed by atoms with E-state index < -0.39 is 18.1 Å². The molecule has 5 rings (SSSR count). The predicted molar refractivity (Wildman–Crippen MR) is 172 cm³/mol. The molecule has 0 aliphatic heterocycles. The van der Waals surface area contributed by atoms with Crippen molar-refractivity contribution in [3.05, 3.63) is 129 Å². The van der Waals surface area contributed by atoms with Gasteiger partial charge in [0, 0.05) is 17.5 Å². The summed E-state index contributed by atoms with van der Waals surface area (Å²) in [5.74, 6) is 0.363. The van der Waals surface area contributed by atoms with Crippen molar-refractivity contribution >= 4 is 39.3 Å². The Morgan fingerprint density at radius 2 is 1.58 bits per heavy atom. The van der Waals surface area contributed by atoms with Crippen molar-refractivity contribution in [2.24, 2.45) is 5.16 Å². The lowest BCUT2D eigenvalue weighted by atomic mass is 10.0. The highest BCUT2D eigenvalue weighted by Gasteiger charge is 2.23. The average molecular weight is 626 g/mol. The molecule has 0 saturated carbocycles. The van der Waals surface area contributed by atoms with Crippen molar-refractivity contribution in [2.75, 3.05) is 20.8 Å². The fourth-order valence-electron chi connectivity index (χ4n) is 4.70. The molecule has 0 saturated heterocycles. The molecular formula is C34H31N3O7S. The number of aromatic nitrogens is 1. The molecule has 0 radical (unpaired) electrons. The zero-order valence-electron chi connectivity index (χ0n) is 24.7. The summed E-state index contributed by atoms with van der Waals surface area (Å²) in [6.07, 6.45) is -0.570. The molecular weight excluding hydrogens is 594 g/mol. The minimum absolute atomic E-state index is 0.0850. The summed E-state index contributed by atoms with van der Waals surface area (Å²) in [6, 6.07) is 30.3. The van der Waals surface area contributed by atoms with E-state index in [0.29, 0.717) is 23.8 Å². The second-order valence-electron chi connectivity index (χ2n) is 9.81. The molecule has 11 heteroatoms. The van der Waals surface area contributed by atoms with Gasteiger partial charge in [-0.2, -0.15) is 0 Å². The molecule has 1 heterocycles. The monoisotopic (exact) mass is 625 g/mol. The van der Waals surface area contributed by atoms with E-state index in [9.17, 15) is 14.4 Å². The third kappa shape index (κ3) is 7.95. The molecule has 230 valence electrons. The van der Waals surface area contributed by atoms with Crippen LogP contribution in [0.1, 0.15) is 16.7 Å². The lowest BCUT2D eigenvalue weighted by Gasteiger charge is -2.16. The number of carbonyl (C=O) groups is 2. The van der Waals surface area contributed by atoms with E-state index in [2.05, 4.69) is 10.5 Å². The highest BCUT2D eigenvalue weighted by molar-refractivity contribution is 7.16. The molecule has 45 heavy (non-hydrogen) atoms. The van der Waals surface area contributed by atoms with Crippen molar-refractivity contribution in [3.8, 4) is 11.5 Å². The van der Waals surface area contributed by atoms with Gasteiger partial charge in [-0.15, -0.1) is 0 Å². The Morgan fingerprint density at radius 3 is 2.27 bits per heavy atom. The van der Waals surface area contributed by atoms with E-state index in [1.165, 1.54) is 25.6 Å². The fourth-order valence-corrected chi connectivity index (χ4v) is 5.66. The second-order valence-corrected chi connectivity index (χ2v) is 10.8. The van der Waals surface area contributed by atoms with Crippen LogP contribution in [0.3, 0.4) is 0 Å². The Morgan fingerprint density at radius 1 is 0.867 bits per heavy atom. The van der Waals surface area contributed by atoms with Crippen LogP contribution >= 0.6 is 11.3 Å². The predicted octanol–water partition coefficient (Wildman–Crippen LogP) is 5.41. The van der Waals surface area contributed by atoms with E-state index in [-0.39, 0.29) is 17.9 Å². The quantitative estimate of drug-likeness (QED) is 0.112. The first-order valence-corrected chi connectivity index (χ1v) is 14.9. The van der Waals surface area contributed by atoms with Gasteiger partial charge in [-0.25, -0.2) is 9.59 Å². The number of benzene rings is 4. The number of rotatable bonds is 12. The molecule has 0 bridgehead atoms. The van der Waals surface area contributed by atoms with E-state index in [4.69, 9.17) is 19.0 Å². The average Bonchev–Trinajstić information content (AvgIpc) is 3.38. The Labute approximate surface area is 263 Å². The Hall–Kier alpha value is -5.42. The molecule has 1 aromatic heterocycles. The van der Waals surface area contributed by atoms with Gasteiger partial charge in [0.15, 0.2) is 0 Å². The number of nitrogens with zero attached hydrogens (tertiary/aromatic N) is 2. The number of ether oxygens (including phenoxy) is 3.